The summed E-state index contributed by atoms with van der Waals surface area (Å²) in [5.41, 5.74) is 3.76. The van der Waals surface area contributed by atoms with Crippen molar-refractivity contribution in [1.82, 2.24) is 0 Å². The molecule has 4 N–H and O–H groups in total. The van der Waals surface area contributed by atoms with Gasteiger partial charge in [0.15, 0.2) is 0 Å². The molecule has 1 aliphatic rings. The van der Waals surface area contributed by atoms with Gasteiger partial charge in [0.1, 0.15) is 19.3 Å². The Morgan fingerprint density at radius 2 is 0.867 bits per heavy atom. The van der Waals surface area contributed by atoms with Gasteiger partial charge in [0.05, 0.1) is 49.6 Å². The molecule has 570 valence electrons. The van der Waals surface area contributed by atoms with Gasteiger partial charge in [-0.3, -0.25) is 28.8 Å². The van der Waals surface area contributed by atoms with Gasteiger partial charge in [-0.05, 0) is 159 Å². The molecule has 1 saturated heterocycles. The summed E-state index contributed by atoms with van der Waals surface area (Å²) >= 11 is 5.49. The SMILES string of the molecule is CCC(C)CC(CC(CC(C)(CC(C)C(=O)OC)C(=O)OCC(O)CSCCCCCC(=O)O)(c1ccccc1)c1ccccc1)c1ccccc1.CCC(C)CC(CC(CC(C)(CC(C)C(=O)OC)C(=O)OCC1CO1)(c1ccccc1)c1ccccc1)c1ccccc1.O=C(O)CCCCS.[Li+].[OH-]. The molecule has 0 bridgehead atoms. The van der Waals surface area contributed by atoms with E-state index in [9.17, 15) is 33.9 Å². The Morgan fingerprint density at radius 1 is 0.524 bits per heavy atom. The van der Waals surface area contributed by atoms with Gasteiger partial charge in [-0.15, -0.1) is 0 Å². The van der Waals surface area contributed by atoms with Crippen molar-refractivity contribution < 1.29 is 92.1 Å². The zero-order valence-corrected chi connectivity index (χ0v) is 66.0. The number of thiol groups is 1. The van der Waals surface area contributed by atoms with Crippen molar-refractivity contribution in [2.45, 2.75) is 199 Å². The summed E-state index contributed by atoms with van der Waals surface area (Å²) in [6.07, 6.45) is 10.6. The number of hydrogen-bond donors (Lipinski definition) is 4. The molecule has 15 nitrogen and oxygen atoms in total. The molecule has 105 heavy (non-hydrogen) atoms. The number of epoxide rings is 1. The second kappa shape index (κ2) is 48.6. The summed E-state index contributed by atoms with van der Waals surface area (Å²) in [5, 5.41) is 27.8. The van der Waals surface area contributed by atoms with Crippen LogP contribution in [-0.2, 0) is 63.3 Å². The van der Waals surface area contributed by atoms with E-state index >= 15 is 0 Å². The molecule has 7 rings (SSSR count). The van der Waals surface area contributed by atoms with Crippen LogP contribution >= 0.6 is 24.4 Å². The van der Waals surface area contributed by atoms with E-state index in [1.54, 1.807) is 18.7 Å². The van der Waals surface area contributed by atoms with Crippen molar-refractivity contribution in [3.63, 3.8) is 0 Å². The molecule has 0 aromatic heterocycles. The number of carboxylic acids is 2. The van der Waals surface area contributed by atoms with Gasteiger partial charge >= 0.3 is 54.7 Å². The number of carbonyl (C=O) groups excluding carboxylic acids is 4. The van der Waals surface area contributed by atoms with Gasteiger partial charge < -0.3 is 44.5 Å². The molecule has 0 radical (unpaired) electrons. The Labute approximate surface area is 648 Å². The Hall–Kier alpha value is -6.68. The molecule has 18 heteroatoms. The van der Waals surface area contributed by atoms with Gasteiger partial charge in [-0.1, -0.05) is 243 Å². The number of aliphatic hydroxyl groups excluding tert-OH is 1. The minimum Gasteiger partial charge on any atom is -0.870 e. The molecule has 0 amide bonds. The number of ether oxygens (including phenoxy) is 5. The first-order valence-corrected chi connectivity index (χ1v) is 38.9. The van der Waals surface area contributed by atoms with Gasteiger partial charge in [-0.25, -0.2) is 0 Å². The fourth-order valence-electron chi connectivity index (χ4n) is 14.5. The van der Waals surface area contributed by atoms with Gasteiger partial charge in [0.2, 0.25) is 0 Å². The third kappa shape index (κ3) is 30.8. The smallest absolute Gasteiger partial charge is 0.870 e. The van der Waals surface area contributed by atoms with E-state index in [0.29, 0.717) is 49.9 Å². The summed E-state index contributed by atoms with van der Waals surface area (Å²) in [6.45, 7) is 17.3. The van der Waals surface area contributed by atoms with Gasteiger partial charge in [-0.2, -0.15) is 24.4 Å². The molecule has 1 fully saturated rings. The maximum absolute atomic E-state index is 14.5. The number of rotatable bonds is 44. The first kappa shape index (κ1) is 92.5. The van der Waals surface area contributed by atoms with E-state index in [1.807, 2.05) is 75.4 Å². The second-order valence-electron chi connectivity index (χ2n) is 29.1. The van der Waals surface area contributed by atoms with Crippen LogP contribution in [0.2, 0.25) is 0 Å². The molecule has 10 unspecified atom stereocenters. The number of unbranched alkanes of at least 4 members (excludes halogenated alkanes) is 3. The van der Waals surface area contributed by atoms with Crippen LogP contribution in [0.15, 0.2) is 182 Å². The minimum absolute atomic E-state index is 0. The molecule has 0 aliphatic carbocycles. The minimum atomic E-state index is -1.13. The van der Waals surface area contributed by atoms with Crippen LogP contribution < -0.4 is 18.9 Å². The normalized spacial score (nSPS) is 15.6. The van der Waals surface area contributed by atoms with E-state index in [2.05, 4.69) is 168 Å². The molecule has 10 atom stereocenters. The molecule has 6 aromatic rings. The summed E-state index contributed by atoms with van der Waals surface area (Å²) in [4.78, 5) is 74.9. The maximum Gasteiger partial charge on any atom is 1.00 e. The van der Waals surface area contributed by atoms with E-state index in [0.717, 1.165) is 98.0 Å². The molecule has 0 spiro atoms. The Balaban J connectivity index is 0.000000490. The monoisotopic (exact) mass is 1470 g/mol. The molecule has 0 saturated carbocycles. The average molecular weight is 1480 g/mol. The van der Waals surface area contributed by atoms with Crippen molar-refractivity contribution in [2.24, 2.45) is 34.5 Å². The van der Waals surface area contributed by atoms with E-state index in [4.69, 9.17) is 33.9 Å². The van der Waals surface area contributed by atoms with Crippen LogP contribution in [0.25, 0.3) is 0 Å². The Morgan fingerprint density at radius 3 is 1.19 bits per heavy atom. The van der Waals surface area contributed by atoms with Crippen molar-refractivity contribution in [2.75, 3.05) is 51.3 Å². The summed E-state index contributed by atoms with van der Waals surface area (Å²) in [7, 11) is 2.77. The second-order valence-corrected chi connectivity index (χ2v) is 30.7. The summed E-state index contributed by atoms with van der Waals surface area (Å²) in [6, 6.07) is 63.3. The summed E-state index contributed by atoms with van der Waals surface area (Å²) in [5.74, 6) is -0.606. The fourth-order valence-corrected chi connectivity index (χ4v) is 15.7. The number of thioether (sulfide) groups is 1. The number of carbonyl (C=O) groups is 6. The van der Waals surface area contributed by atoms with Crippen LogP contribution in [0.1, 0.15) is 210 Å². The van der Waals surface area contributed by atoms with Crippen molar-refractivity contribution >= 4 is 60.2 Å². The van der Waals surface area contributed by atoms with Gasteiger partial charge in [0.25, 0.3) is 0 Å². The number of carboxylic acid groups (broad SMARTS) is 2. The molecule has 1 heterocycles. The van der Waals surface area contributed by atoms with Gasteiger partial charge in [0, 0.05) is 29.4 Å². The molecule has 1 aliphatic heterocycles. The number of hydrogen-bond acceptors (Lipinski definition) is 15. The third-order valence-electron chi connectivity index (χ3n) is 20.4. The largest absolute Gasteiger partial charge is 1.00 e. The Bertz CT molecular complexity index is 3330. The van der Waals surface area contributed by atoms with E-state index < -0.39 is 57.5 Å². The number of esters is 4. The van der Waals surface area contributed by atoms with Crippen molar-refractivity contribution in [3.05, 3.63) is 215 Å². The summed E-state index contributed by atoms with van der Waals surface area (Å²) < 4.78 is 27.5. The molecular formula is C87H119LiO15S2. The Kier molecular flexibility index (Phi) is 42.8. The van der Waals surface area contributed by atoms with Crippen LogP contribution in [0.4, 0.5) is 0 Å². The first-order valence-electron chi connectivity index (χ1n) is 37.2. The molecular weight excluding hydrogens is 1360 g/mol. The predicted octanol–water partition coefficient (Wildman–Crippen LogP) is 15.6. The zero-order chi connectivity index (χ0) is 75.3. The number of aliphatic hydroxyl groups is 1. The standard InChI is InChI=1S/C44H60O7S.C38H48O5.C5H10O2S.Li.H2O/c1-6-33(2)27-36(35-19-11-7-12-20-35)29-44(37-21-13-8-14-22-37,38-23-15-9-16-24-38)32-43(4,28-34(3)41(48)50-5)42(49)51-30-39(45)31-52-26-18-10-17-25-40(46)47;1-6-28(2)22-31(30-16-10-7-11-17-30)24-38(32-18-12-8-13-19-32,33-20-14-9-15-21-33)27-37(4,23-29(3)35(39)41-5)36(40)43-26-34-25-42-34;6-5(7)3-1-2-4-8;;/h7-9,11-16,19-24,33-34,36,39,45H,6,10,17-18,25-32H2,1-5H3,(H,46,47);7-21,28-29,31,34H,6,22-27H2,1-5H3;8H,1-4H2,(H,6,7);;1H2/q;;;+1;/p-1. The first-order chi connectivity index (χ1) is 49.4. The van der Waals surface area contributed by atoms with Crippen molar-refractivity contribution in [3.8, 4) is 0 Å². The maximum atomic E-state index is 14.5. The molecule has 6 aromatic carbocycles. The van der Waals surface area contributed by atoms with E-state index in [1.165, 1.54) is 25.3 Å². The quantitative estimate of drug-likeness (QED) is 0.00694. The fraction of sp³-hybridized carbons (Fsp3) is 0.517. The number of aliphatic carboxylic acids is 2. The number of benzene rings is 6. The van der Waals surface area contributed by atoms with Crippen LogP contribution in [0, 0.1) is 34.5 Å². The van der Waals surface area contributed by atoms with Crippen LogP contribution in [-0.4, -0.2) is 120 Å². The van der Waals surface area contributed by atoms with Crippen LogP contribution in [0.5, 0.6) is 0 Å². The topological polar surface area (TPSA) is 243 Å². The third-order valence-corrected chi connectivity index (χ3v) is 21.9. The average Bonchev–Trinajstić information content (AvgIpc) is 1.53. The zero-order valence-electron chi connectivity index (χ0n) is 64.3. The van der Waals surface area contributed by atoms with Crippen LogP contribution in [0.3, 0.4) is 0 Å². The number of methoxy groups -OCH3 is 2. The van der Waals surface area contributed by atoms with Crippen molar-refractivity contribution in [1.29, 1.82) is 0 Å². The van der Waals surface area contributed by atoms with E-state index in [-0.39, 0.29) is 92.7 Å². The predicted molar refractivity (Wildman–Crippen MR) is 418 cm³/mol.